The topological polar surface area (TPSA) is 58.1 Å². The number of aromatic nitrogens is 2. The first-order valence-corrected chi connectivity index (χ1v) is 11.1. The Kier molecular flexibility index (Phi) is 7.20. The van der Waals surface area contributed by atoms with E-state index in [0.717, 1.165) is 40.3 Å². The first-order chi connectivity index (χ1) is 14.0. The lowest BCUT2D eigenvalue weighted by molar-refractivity contribution is -0.132. The normalized spacial score (nSPS) is 11.4. The molecule has 3 rings (SSSR count). The number of amides is 1. The zero-order valence-electron chi connectivity index (χ0n) is 17.7. The number of benzene rings is 1. The van der Waals surface area contributed by atoms with Crippen LogP contribution in [0.15, 0.2) is 42.0 Å². The number of anilines is 1. The van der Waals surface area contributed by atoms with Crippen molar-refractivity contribution in [2.24, 2.45) is 11.8 Å². The van der Waals surface area contributed by atoms with E-state index in [1.807, 2.05) is 23.1 Å². The number of hydrogen-bond acceptors (Lipinski definition) is 5. The van der Waals surface area contributed by atoms with Gasteiger partial charge in [-0.05, 0) is 17.4 Å². The van der Waals surface area contributed by atoms with Crippen LogP contribution < -0.4 is 5.32 Å². The van der Waals surface area contributed by atoms with Gasteiger partial charge in [-0.1, -0.05) is 58.0 Å². The van der Waals surface area contributed by atoms with Gasteiger partial charge in [-0.3, -0.25) is 4.79 Å². The van der Waals surface area contributed by atoms with Gasteiger partial charge in [0, 0.05) is 37.0 Å². The number of hydrogen-bond donors (Lipinski definition) is 1. The van der Waals surface area contributed by atoms with E-state index in [2.05, 4.69) is 60.5 Å². The second kappa shape index (κ2) is 9.83. The molecular weight excluding hydrogens is 380 g/mol. The number of carbonyl (C=O) groups is 1. The second-order valence-electron chi connectivity index (χ2n) is 8.18. The molecule has 0 aliphatic rings. The largest absolute Gasteiger partial charge is 0.369 e. The van der Waals surface area contributed by atoms with E-state index in [9.17, 15) is 4.79 Å². The third-order valence-electron chi connectivity index (χ3n) is 4.61. The van der Waals surface area contributed by atoms with Crippen LogP contribution in [-0.2, 0) is 4.79 Å². The number of thiophene rings is 1. The van der Waals surface area contributed by atoms with Crippen LogP contribution in [0.5, 0.6) is 0 Å². The van der Waals surface area contributed by atoms with Gasteiger partial charge in [-0.2, -0.15) is 0 Å². The molecule has 2 aromatic heterocycles. The fourth-order valence-electron chi connectivity index (χ4n) is 3.44. The molecule has 6 heteroatoms. The molecule has 2 heterocycles. The number of rotatable bonds is 9. The van der Waals surface area contributed by atoms with Crippen LogP contribution in [0.25, 0.3) is 21.3 Å². The standard InChI is InChI=1S/C23H30N4OS/c1-16(2)12-27(13-17(3)4)20(28)10-11-24-22-21-19(18-8-6-5-7-9-18)14-29-23(21)26-15-25-22/h5-9,14-17H,10-13H2,1-4H3,(H,24,25,26). The van der Waals surface area contributed by atoms with Crippen LogP contribution in [-0.4, -0.2) is 40.4 Å². The maximum Gasteiger partial charge on any atom is 0.224 e. The second-order valence-corrected chi connectivity index (χ2v) is 9.04. The van der Waals surface area contributed by atoms with E-state index in [-0.39, 0.29) is 5.91 Å². The van der Waals surface area contributed by atoms with Crippen LogP contribution in [0.1, 0.15) is 34.1 Å². The monoisotopic (exact) mass is 410 g/mol. The molecule has 5 nitrogen and oxygen atoms in total. The van der Waals surface area contributed by atoms with Gasteiger partial charge in [0.25, 0.3) is 0 Å². The first-order valence-electron chi connectivity index (χ1n) is 10.2. The molecule has 1 N–H and O–H groups in total. The van der Waals surface area contributed by atoms with Crippen LogP contribution >= 0.6 is 11.3 Å². The van der Waals surface area contributed by atoms with Crippen LogP contribution in [0.3, 0.4) is 0 Å². The van der Waals surface area contributed by atoms with Crippen LogP contribution in [0.4, 0.5) is 5.82 Å². The van der Waals surface area contributed by atoms with Gasteiger partial charge in [-0.25, -0.2) is 9.97 Å². The summed E-state index contributed by atoms with van der Waals surface area (Å²) in [6.45, 7) is 10.8. The summed E-state index contributed by atoms with van der Waals surface area (Å²) < 4.78 is 0. The molecule has 0 saturated carbocycles. The van der Waals surface area contributed by atoms with Gasteiger partial charge in [-0.15, -0.1) is 11.3 Å². The Bertz CT molecular complexity index is 926. The summed E-state index contributed by atoms with van der Waals surface area (Å²) in [7, 11) is 0. The summed E-state index contributed by atoms with van der Waals surface area (Å²) in [5, 5.41) is 6.53. The Labute approximate surface area is 177 Å². The molecule has 0 saturated heterocycles. The molecular formula is C23H30N4OS. The summed E-state index contributed by atoms with van der Waals surface area (Å²) in [6.07, 6.45) is 2.04. The Hall–Kier alpha value is -2.47. The van der Waals surface area contributed by atoms with E-state index >= 15 is 0 Å². The Balaban J connectivity index is 1.72. The van der Waals surface area contributed by atoms with Crippen molar-refractivity contribution in [2.75, 3.05) is 25.0 Å². The van der Waals surface area contributed by atoms with Crippen molar-refractivity contribution >= 4 is 33.3 Å². The van der Waals surface area contributed by atoms with Crippen molar-refractivity contribution in [1.29, 1.82) is 0 Å². The van der Waals surface area contributed by atoms with E-state index in [0.29, 0.717) is 24.8 Å². The molecule has 0 spiro atoms. The van der Waals surface area contributed by atoms with Gasteiger partial charge in [0.15, 0.2) is 0 Å². The molecule has 154 valence electrons. The predicted molar refractivity (Wildman–Crippen MR) is 122 cm³/mol. The summed E-state index contributed by atoms with van der Waals surface area (Å²) in [5.41, 5.74) is 2.27. The van der Waals surface area contributed by atoms with Crippen molar-refractivity contribution in [3.63, 3.8) is 0 Å². The molecule has 0 unspecified atom stereocenters. The molecule has 1 amide bonds. The van der Waals surface area contributed by atoms with E-state index < -0.39 is 0 Å². The van der Waals surface area contributed by atoms with E-state index in [1.165, 1.54) is 0 Å². The fraction of sp³-hybridized carbons (Fsp3) is 0.435. The molecule has 0 atom stereocenters. The smallest absolute Gasteiger partial charge is 0.224 e. The van der Waals surface area contributed by atoms with Crippen LogP contribution in [0.2, 0.25) is 0 Å². The molecule has 0 bridgehead atoms. The molecule has 29 heavy (non-hydrogen) atoms. The molecule has 0 aliphatic heterocycles. The highest BCUT2D eigenvalue weighted by Gasteiger charge is 2.17. The van der Waals surface area contributed by atoms with Crippen molar-refractivity contribution in [1.82, 2.24) is 14.9 Å². The maximum atomic E-state index is 12.8. The predicted octanol–water partition coefficient (Wildman–Crippen LogP) is 5.30. The van der Waals surface area contributed by atoms with Gasteiger partial charge >= 0.3 is 0 Å². The quantitative estimate of drug-likeness (QED) is 0.520. The number of carbonyl (C=O) groups excluding carboxylic acids is 1. The zero-order chi connectivity index (χ0) is 20.8. The maximum absolute atomic E-state index is 12.8. The van der Waals surface area contributed by atoms with Gasteiger partial charge in [0.1, 0.15) is 17.0 Å². The van der Waals surface area contributed by atoms with Crippen molar-refractivity contribution < 1.29 is 4.79 Å². The molecule has 0 aliphatic carbocycles. The minimum atomic E-state index is 0.193. The van der Waals surface area contributed by atoms with E-state index in [1.54, 1.807) is 17.7 Å². The zero-order valence-corrected chi connectivity index (χ0v) is 18.5. The van der Waals surface area contributed by atoms with Gasteiger partial charge < -0.3 is 10.2 Å². The fourth-order valence-corrected chi connectivity index (χ4v) is 4.36. The number of nitrogens with zero attached hydrogens (tertiary/aromatic N) is 3. The van der Waals surface area contributed by atoms with Crippen LogP contribution in [0, 0.1) is 11.8 Å². The lowest BCUT2D eigenvalue weighted by atomic mass is 10.1. The molecule has 0 radical (unpaired) electrons. The van der Waals surface area contributed by atoms with Crippen molar-refractivity contribution in [3.05, 3.63) is 42.0 Å². The number of nitrogens with one attached hydrogen (secondary N) is 1. The van der Waals surface area contributed by atoms with Gasteiger partial charge in [0.05, 0.1) is 5.39 Å². The van der Waals surface area contributed by atoms with E-state index in [4.69, 9.17) is 0 Å². The number of fused-ring (bicyclic) bond motifs is 1. The minimum absolute atomic E-state index is 0.193. The highest BCUT2D eigenvalue weighted by Crippen LogP contribution is 2.36. The molecule has 1 aromatic carbocycles. The van der Waals surface area contributed by atoms with Crippen molar-refractivity contribution in [2.45, 2.75) is 34.1 Å². The highest BCUT2D eigenvalue weighted by atomic mass is 32.1. The molecule has 0 fully saturated rings. The van der Waals surface area contributed by atoms with Crippen molar-refractivity contribution in [3.8, 4) is 11.1 Å². The molecule has 3 aromatic rings. The average molecular weight is 411 g/mol. The lowest BCUT2D eigenvalue weighted by Crippen LogP contribution is -2.37. The van der Waals surface area contributed by atoms with Gasteiger partial charge in [0.2, 0.25) is 5.91 Å². The summed E-state index contributed by atoms with van der Waals surface area (Å²) >= 11 is 1.61. The summed E-state index contributed by atoms with van der Waals surface area (Å²) in [4.78, 5) is 24.6. The minimum Gasteiger partial charge on any atom is -0.369 e. The SMILES string of the molecule is CC(C)CN(CC(C)C)C(=O)CCNc1ncnc2scc(-c3ccccc3)c12. The Morgan fingerprint density at radius 1 is 1.07 bits per heavy atom. The first kappa shape index (κ1) is 21.2. The third kappa shape index (κ3) is 5.54. The average Bonchev–Trinajstić information content (AvgIpc) is 3.12. The lowest BCUT2D eigenvalue weighted by Gasteiger charge is -2.26. The Morgan fingerprint density at radius 3 is 2.41 bits per heavy atom. The Morgan fingerprint density at radius 2 is 1.76 bits per heavy atom. The highest BCUT2D eigenvalue weighted by molar-refractivity contribution is 7.17. The summed E-state index contributed by atoms with van der Waals surface area (Å²) in [6, 6.07) is 10.3. The summed E-state index contributed by atoms with van der Waals surface area (Å²) in [5.74, 6) is 1.92. The third-order valence-corrected chi connectivity index (χ3v) is 5.50.